The highest BCUT2D eigenvalue weighted by Gasteiger charge is 2.20. The zero-order valence-corrected chi connectivity index (χ0v) is 13.9. The molecule has 2 rings (SSSR count). The zero-order chi connectivity index (χ0) is 15.9. The highest BCUT2D eigenvalue weighted by atomic mass is 79.9. The fraction of sp³-hybridized carbons (Fsp3) is 0.375. The Bertz CT molecular complexity index is 574. The standard InChI is InChI=1S/C16H19BrN2O3/c1-11(22-14-9-5-8-13(17)10-14)15(20)18-19-16(21)12-6-3-2-4-7-12/h2-3,5,8-12H,4,6-7H2,1H3,(H,18,20)(H,19,21). The number of hydrogen-bond donors (Lipinski definition) is 2. The van der Waals surface area contributed by atoms with Gasteiger partial charge in [0.05, 0.1) is 0 Å². The summed E-state index contributed by atoms with van der Waals surface area (Å²) >= 11 is 3.34. The third-order valence-corrected chi connectivity index (χ3v) is 3.92. The van der Waals surface area contributed by atoms with E-state index in [0.717, 1.165) is 17.3 Å². The molecule has 22 heavy (non-hydrogen) atoms. The number of ether oxygens (including phenoxy) is 1. The Morgan fingerprint density at radius 3 is 2.82 bits per heavy atom. The summed E-state index contributed by atoms with van der Waals surface area (Å²) in [5.74, 6) is -0.0422. The van der Waals surface area contributed by atoms with Gasteiger partial charge in [0, 0.05) is 10.4 Å². The van der Waals surface area contributed by atoms with Crippen LogP contribution in [0, 0.1) is 5.92 Å². The molecule has 0 spiro atoms. The number of carbonyl (C=O) groups excluding carboxylic acids is 2. The third kappa shape index (κ3) is 4.87. The molecule has 2 amide bonds. The van der Waals surface area contributed by atoms with E-state index in [4.69, 9.17) is 4.74 Å². The van der Waals surface area contributed by atoms with Gasteiger partial charge < -0.3 is 4.74 Å². The average molecular weight is 367 g/mol. The first-order chi connectivity index (χ1) is 10.6. The van der Waals surface area contributed by atoms with Gasteiger partial charge in [-0.1, -0.05) is 34.1 Å². The maximum atomic E-state index is 11.9. The summed E-state index contributed by atoms with van der Waals surface area (Å²) < 4.78 is 6.40. The molecular weight excluding hydrogens is 348 g/mol. The predicted molar refractivity (Wildman–Crippen MR) is 87.0 cm³/mol. The number of halogens is 1. The van der Waals surface area contributed by atoms with Gasteiger partial charge in [-0.2, -0.15) is 0 Å². The first kappa shape index (κ1) is 16.5. The van der Waals surface area contributed by atoms with Crippen LogP contribution in [0.1, 0.15) is 26.2 Å². The van der Waals surface area contributed by atoms with E-state index in [-0.39, 0.29) is 17.7 Å². The number of hydrogen-bond acceptors (Lipinski definition) is 3. The average Bonchev–Trinajstić information content (AvgIpc) is 2.53. The molecule has 1 aliphatic rings. The molecule has 5 nitrogen and oxygen atoms in total. The molecule has 1 aromatic carbocycles. The molecular formula is C16H19BrN2O3. The second-order valence-corrected chi connectivity index (χ2v) is 6.09. The van der Waals surface area contributed by atoms with E-state index in [0.29, 0.717) is 12.2 Å². The minimum atomic E-state index is -0.708. The van der Waals surface area contributed by atoms with E-state index >= 15 is 0 Å². The molecule has 0 saturated carbocycles. The van der Waals surface area contributed by atoms with Crippen molar-refractivity contribution in [3.63, 3.8) is 0 Å². The fourth-order valence-electron chi connectivity index (χ4n) is 2.16. The smallest absolute Gasteiger partial charge is 0.279 e. The van der Waals surface area contributed by atoms with Crippen molar-refractivity contribution < 1.29 is 14.3 Å². The summed E-state index contributed by atoms with van der Waals surface area (Å²) in [6.45, 7) is 1.63. The lowest BCUT2D eigenvalue weighted by Crippen LogP contribution is -2.49. The Kier molecular flexibility index (Phi) is 6.00. The van der Waals surface area contributed by atoms with Crippen molar-refractivity contribution in [1.82, 2.24) is 10.9 Å². The highest BCUT2D eigenvalue weighted by Crippen LogP contribution is 2.19. The first-order valence-corrected chi connectivity index (χ1v) is 8.02. The largest absolute Gasteiger partial charge is 0.481 e. The number of allylic oxidation sites excluding steroid dienone is 2. The minimum absolute atomic E-state index is 0.0772. The molecule has 118 valence electrons. The van der Waals surface area contributed by atoms with Crippen LogP contribution in [0.25, 0.3) is 0 Å². The van der Waals surface area contributed by atoms with Crippen molar-refractivity contribution >= 4 is 27.7 Å². The quantitative estimate of drug-likeness (QED) is 0.635. The molecule has 2 N–H and O–H groups in total. The van der Waals surface area contributed by atoms with E-state index in [1.807, 2.05) is 18.2 Å². The minimum Gasteiger partial charge on any atom is -0.481 e. The van der Waals surface area contributed by atoms with Crippen LogP contribution in [0.3, 0.4) is 0 Å². The summed E-state index contributed by atoms with van der Waals surface area (Å²) in [4.78, 5) is 23.9. The van der Waals surface area contributed by atoms with Crippen LogP contribution >= 0.6 is 15.9 Å². The number of hydrazine groups is 1. The van der Waals surface area contributed by atoms with Gasteiger partial charge in [0.25, 0.3) is 5.91 Å². The molecule has 2 unspecified atom stereocenters. The maximum Gasteiger partial charge on any atom is 0.279 e. The molecule has 0 fully saturated rings. The fourth-order valence-corrected chi connectivity index (χ4v) is 2.53. The normalized spacial score (nSPS) is 18.4. The molecule has 0 saturated heterocycles. The molecule has 0 bridgehead atoms. The predicted octanol–water partition coefficient (Wildman–Crippen LogP) is 2.72. The van der Waals surface area contributed by atoms with Gasteiger partial charge in [0.15, 0.2) is 6.10 Å². The van der Waals surface area contributed by atoms with Crippen molar-refractivity contribution in [3.05, 3.63) is 40.9 Å². The number of nitrogens with one attached hydrogen (secondary N) is 2. The van der Waals surface area contributed by atoms with E-state index in [9.17, 15) is 9.59 Å². The second-order valence-electron chi connectivity index (χ2n) is 5.18. The molecule has 0 radical (unpaired) electrons. The van der Waals surface area contributed by atoms with Gasteiger partial charge in [-0.05, 0) is 44.4 Å². The molecule has 2 atom stereocenters. The SMILES string of the molecule is CC(Oc1cccc(Br)c1)C(=O)NNC(=O)C1CC=CCC1. The molecule has 0 heterocycles. The molecule has 1 aromatic rings. The van der Waals surface area contributed by atoms with Crippen LogP contribution in [0.15, 0.2) is 40.9 Å². The first-order valence-electron chi connectivity index (χ1n) is 7.23. The van der Waals surface area contributed by atoms with Crippen LogP contribution in [0.2, 0.25) is 0 Å². The number of benzene rings is 1. The highest BCUT2D eigenvalue weighted by molar-refractivity contribution is 9.10. The van der Waals surface area contributed by atoms with Crippen LogP contribution < -0.4 is 15.6 Å². The molecule has 1 aliphatic carbocycles. The molecule has 0 aliphatic heterocycles. The topological polar surface area (TPSA) is 67.4 Å². The maximum absolute atomic E-state index is 11.9. The van der Waals surface area contributed by atoms with Crippen LogP contribution in [-0.4, -0.2) is 17.9 Å². The van der Waals surface area contributed by atoms with Gasteiger partial charge in [-0.15, -0.1) is 0 Å². The number of rotatable bonds is 4. The summed E-state index contributed by atoms with van der Waals surface area (Å²) in [6, 6.07) is 7.23. The zero-order valence-electron chi connectivity index (χ0n) is 12.3. The second kappa shape index (κ2) is 7.98. The summed E-state index contributed by atoms with van der Waals surface area (Å²) in [7, 11) is 0. The lowest BCUT2D eigenvalue weighted by atomic mass is 9.94. The molecule has 6 heteroatoms. The van der Waals surface area contributed by atoms with E-state index in [1.54, 1.807) is 19.1 Å². The van der Waals surface area contributed by atoms with Crippen molar-refractivity contribution in [1.29, 1.82) is 0 Å². The Balaban J connectivity index is 1.78. The Labute approximate surface area is 138 Å². The van der Waals surface area contributed by atoms with Gasteiger partial charge in [0.2, 0.25) is 5.91 Å². The van der Waals surface area contributed by atoms with Crippen molar-refractivity contribution in [2.45, 2.75) is 32.3 Å². The Morgan fingerprint density at radius 2 is 2.14 bits per heavy atom. The van der Waals surface area contributed by atoms with Crippen molar-refractivity contribution in [3.8, 4) is 5.75 Å². The number of carbonyl (C=O) groups is 2. The van der Waals surface area contributed by atoms with E-state index in [1.165, 1.54) is 0 Å². The van der Waals surface area contributed by atoms with Crippen molar-refractivity contribution in [2.75, 3.05) is 0 Å². The van der Waals surface area contributed by atoms with Crippen LogP contribution in [0.4, 0.5) is 0 Å². The van der Waals surface area contributed by atoms with Gasteiger partial charge in [-0.3, -0.25) is 20.4 Å². The lowest BCUT2D eigenvalue weighted by Gasteiger charge is -2.19. The molecule has 0 aromatic heterocycles. The van der Waals surface area contributed by atoms with Crippen molar-refractivity contribution in [2.24, 2.45) is 5.92 Å². The van der Waals surface area contributed by atoms with E-state index in [2.05, 4.69) is 32.9 Å². The number of amides is 2. The lowest BCUT2D eigenvalue weighted by molar-refractivity contribution is -0.134. The Hall–Kier alpha value is -1.82. The Morgan fingerprint density at radius 1 is 1.32 bits per heavy atom. The van der Waals surface area contributed by atoms with Gasteiger partial charge >= 0.3 is 0 Å². The third-order valence-electron chi connectivity index (χ3n) is 3.43. The van der Waals surface area contributed by atoms with Crippen LogP contribution in [-0.2, 0) is 9.59 Å². The van der Waals surface area contributed by atoms with E-state index < -0.39 is 6.10 Å². The monoisotopic (exact) mass is 366 g/mol. The summed E-state index contributed by atoms with van der Waals surface area (Å²) in [6.07, 6.45) is 5.77. The summed E-state index contributed by atoms with van der Waals surface area (Å²) in [5.41, 5.74) is 4.88. The van der Waals surface area contributed by atoms with Crippen LogP contribution in [0.5, 0.6) is 5.75 Å². The van der Waals surface area contributed by atoms with Gasteiger partial charge in [-0.25, -0.2) is 0 Å². The summed E-state index contributed by atoms with van der Waals surface area (Å²) in [5, 5.41) is 0. The van der Waals surface area contributed by atoms with Gasteiger partial charge in [0.1, 0.15) is 5.75 Å².